The lowest BCUT2D eigenvalue weighted by molar-refractivity contribution is -0.0393. The van der Waals surface area contributed by atoms with Crippen molar-refractivity contribution in [2.75, 3.05) is 12.3 Å². The molecule has 10 heteroatoms. The Morgan fingerprint density at radius 1 is 1.18 bits per heavy atom. The second-order valence-corrected chi connectivity index (χ2v) is 13.0. The zero-order valence-electron chi connectivity index (χ0n) is 24.3. The van der Waals surface area contributed by atoms with Gasteiger partial charge in [-0.05, 0) is 63.4 Å². The maximum atomic E-state index is 10.5. The summed E-state index contributed by atoms with van der Waals surface area (Å²) in [6.45, 7) is 11.9. The second-order valence-electron chi connectivity index (χ2n) is 13.0. The molecule has 4 N–H and O–H groups in total. The first kappa shape index (κ1) is 27.0. The molecule has 3 aromatic heterocycles. The quantitative estimate of drug-likeness (QED) is 0.279. The van der Waals surface area contributed by atoms with E-state index in [0.29, 0.717) is 35.1 Å². The SMILES string of the molecule is CC(C)N(C[C@@H]1CCC(n2cnc3c(N)ncnc32)O1)C1CC(CCc2nc3cc(O)c(C(C)(C)C)cc3[nH]2)C1. The van der Waals surface area contributed by atoms with Gasteiger partial charge in [0.1, 0.15) is 29.6 Å². The predicted molar refractivity (Wildman–Crippen MR) is 156 cm³/mol. The first-order chi connectivity index (χ1) is 19.1. The van der Waals surface area contributed by atoms with E-state index >= 15 is 0 Å². The topological polar surface area (TPSA) is 131 Å². The van der Waals surface area contributed by atoms with Gasteiger partial charge in [0.25, 0.3) is 0 Å². The van der Waals surface area contributed by atoms with Crippen LogP contribution in [-0.2, 0) is 16.6 Å². The number of aromatic nitrogens is 6. The molecule has 2 aliphatic rings. The molecule has 1 saturated carbocycles. The van der Waals surface area contributed by atoms with Crippen LogP contribution >= 0.6 is 0 Å². The highest BCUT2D eigenvalue weighted by molar-refractivity contribution is 5.81. The summed E-state index contributed by atoms with van der Waals surface area (Å²) in [6.07, 6.45) is 9.81. The summed E-state index contributed by atoms with van der Waals surface area (Å²) >= 11 is 0. The van der Waals surface area contributed by atoms with E-state index in [4.69, 9.17) is 15.5 Å². The average Bonchev–Trinajstić information content (AvgIpc) is 3.59. The van der Waals surface area contributed by atoms with Crippen molar-refractivity contribution in [3.63, 3.8) is 0 Å². The third-order valence-electron chi connectivity index (χ3n) is 8.79. The predicted octanol–water partition coefficient (Wildman–Crippen LogP) is 5.09. The number of rotatable bonds is 8. The smallest absolute Gasteiger partial charge is 0.167 e. The minimum absolute atomic E-state index is 0.0716. The van der Waals surface area contributed by atoms with Crippen LogP contribution in [0.2, 0.25) is 0 Å². The van der Waals surface area contributed by atoms with Crippen LogP contribution in [0.4, 0.5) is 5.82 Å². The summed E-state index contributed by atoms with van der Waals surface area (Å²) in [5.41, 5.74) is 10.0. The van der Waals surface area contributed by atoms with Crippen molar-refractivity contribution in [1.29, 1.82) is 0 Å². The van der Waals surface area contributed by atoms with Gasteiger partial charge >= 0.3 is 0 Å². The van der Waals surface area contributed by atoms with E-state index in [9.17, 15) is 5.11 Å². The minimum Gasteiger partial charge on any atom is -0.508 e. The molecular weight excluding hydrogens is 504 g/mol. The highest BCUT2D eigenvalue weighted by Crippen LogP contribution is 2.39. The molecule has 4 heterocycles. The average molecular weight is 547 g/mol. The van der Waals surface area contributed by atoms with Gasteiger partial charge in [-0.1, -0.05) is 20.8 Å². The Labute approximate surface area is 235 Å². The number of hydrogen-bond acceptors (Lipinski definition) is 8. The third-order valence-corrected chi connectivity index (χ3v) is 8.79. The standard InChI is InChI=1S/C30H42N8O2/c1-17(2)37(14-20-7-9-26(40-20)38-16-34-27-28(31)32-15-33-29(27)38)19-10-18(11-19)6-8-25-35-22-12-21(30(3,4)5)24(39)13-23(22)36-25/h12-13,15-20,26,39H,6-11,14H2,1-5H3,(H,35,36)(H2,31,32,33)/t18?,19?,20-,26?/m0/s1. The summed E-state index contributed by atoms with van der Waals surface area (Å²) < 4.78 is 8.50. The number of hydrogen-bond donors (Lipinski definition) is 3. The Hall–Kier alpha value is -3.24. The van der Waals surface area contributed by atoms with Crippen molar-refractivity contribution in [3.05, 3.63) is 36.2 Å². The lowest BCUT2D eigenvalue weighted by Crippen LogP contribution is -2.50. The molecule has 40 heavy (non-hydrogen) atoms. The number of aromatic hydroxyl groups is 1. The molecule has 6 rings (SSSR count). The number of benzene rings is 1. The first-order valence-electron chi connectivity index (χ1n) is 14.6. The number of fused-ring (bicyclic) bond motifs is 2. The Kier molecular flexibility index (Phi) is 6.94. The number of aromatic amines is 1. The molecule has 1 saturated heterocycles. The van der Waals surface area contributed by atoms with E-state index < -0.39 is 0 Å². The van der Waals surface area contributed by atoms with E-state index in [1.54, 1.807) is 12.4 Å². The Balaban J connectivity index is 1.02. The number of phenolic OH excluding ortho intramolecular Hbond substituents is 1. The van der Waals surface area contributed by atoms with Crippen LogP contribution in [0.15, 0.2) is 24.8 Å². The van der Waals surface area contributed by atoms with Crippen LogP contribution in [0, 0.1) is 5.92 Å². The van der Waals surface area contributed by atoms with Gasteiger partial charge in [-0.25, -0.2) is 19.9 Å². The van der Waals surface area contributed by atoms with Gasteiger partial charge in [0, 0.05) is 36.7 Å². The van der Waals surface area contributed by atoms with Crippen LogP contribution in [-0.4, -0.2) is 64.2 Å². The molecule has 2 atom stereocenters. The molecule has 0 radical (unpaired) electrons. The molecule has 0 amide bonds. The molecule has 0 bridgehead atoms. The molecule has 10 nitrogen and oxygen atoms in total. The number of imidazole rings is 2. The Bertz CT molecular complexity index is 1500. The second kappa shape index (κ2) is 10.3. The number of phenols is 1. The number of nitrogens with zero attached hydrogens (tertiary/aromatic N) is 6. The van der Waals surface area contributed by atoms with Gasteiger partial charge in [0.2, 0.25) is 0 Å². The van der Waals surface area contributed by atoms with Crippen molar-refractivity contribution >= 4 is 28.0 Å². The van der Waals surface area contributed by atoms with E-state index in [-0.39, 0.29) is 17.7 Å². The van der Waals surface area contributed by atoms with E-state index in [2.05, 4.69) is 65.5 Å². The fourth-order valence-corrected chi connectivity index (χ4v) is 6.49. The Morgan fingerprint density at radius 3 is 2.73 bits per heavy atom. The fraction of sp³-hybridized carbons (Fsp3) is 0.600. The van der Waals surface area contributed by atoms with Crippen LogP contribution in [0.5, 0.6) is 5.75 Å². The lowest BCUT2D eigenvalue weighted by atomic mass is 9.76. The maximum absolute atomic E-state index is 10.5. The molecule has 2 fully saturated rings. The van der Waals surface area contributed by atoms with Gasteiger partial charge < -0.3 is 20.6 Å². The molecular formula is C30H42N8O2. The first-order valence-corrected chi connectivity index (χ1v) is 14.6. The number of ether oxygens (including phenoxy) is 1. The van der Waals surface area contributed by atoms with E-state index in [1.165, 1.54) is 19.2 Å². The molecule has 1 unspecified atom stereocenters. The van der Waals surface area contributed by atoms with Crippen molar-refractivity contribution < 1.29 is 9.84 Å². The summed E-state index contributed by atoms with van der Waals surface area (Å²) in [6, 6.07) is 4.91. The lowest BCUT2D eigenvalue weighted by Gasteiger charge is -2.46. The molecule has 214 valence electrons. The molecule has 1 aromatic carbocycles. The number of nitrogens with two attached hydrogens (primary N) is 1. The number of nitrogen functional groups attached to an aromatic ring is 1. The monoisotopic (exact) mass is 546 g/mol. The van der Waals surface area contributed by atoms with E-state index in [1.807, 2.05) is 4.57 Å². The summed E-state index contributed by atoms with van der Waals surface area (Å²) in [4.78, 5) is 23.7. The normalized spacial score (nSPS) is 23.6. The minimum atomic E-state index is -0.117. The number of H-pyrrole nitrogens is 1. The van der Waals surface area contributed by atoms with Gasteiger partial charge in [-0.3, -0.25) is 9.47 Å². The number of aryl methyl sites for hydroxylation is 1. The van der Waals surface area contributed by atoms with Crippen molar-refractivity contribution in [2.24, 2.45) is 5.92 Å². The van der Waals surface area contributed by atoms with Gasteiger partial charge in [0.05, 0.1) is 23.5 Å². The van der Waals surface area contributed by atoms with E-state index in [0.717, 1.165) is 60.3 Å². The zero-order valence-corrected chi connectivity index (χ0v) is 24.3. The molecule has 4 aromatic rings. The van der Waals surface area contributed by atoms with Crippen LogP contribution in [0.25, 0.3) is 22.2 Å². The van der Waals surface area contributed by atoms with Crippen molar-refractivity contribution in [3.8, 4) is 5.75 Å². The van der Waals surface area contributed by atoms with Crippen molar-refractivity contribution in [1.82, 2.24) is 34.4 Å². The van der Waals surface area contributed by atoms with Crippen LogP contribution < -0.4 is 5.73 Å². The Morgan fingerprint density at radius 2 is 1.98 bits per heavy atom. The highest BCUT2D eigenvalue weighted by atomic mass is 16.5. The molecule has 0 spiro atoms. The largest absolute Gasteiger partial charge is 0.508 e. The summed E-state index contributed by atoms with van der Waals surface area (Å²) in [5.74, 6) is 2.44. The third kappa shape index (κ3) is 5.14. The van der Waals surface area contributed by atoms with Gasteiger partial charge in [-0.2, -0.15) is 0 Å². The van der Waals surface area contributed by atoms with Crippen molar-refractivity contribution in [2.45, 2.75) is 103 Å². The highest BCUT2D eigenvalue weighted by Gasteiger charge is 2.37. The maximum Gasteiger partial charge on any atom is 0.167 e. The molecule has 1 aliphatic heterocycles. The molecule has 1 aliphatic carbocycles. The van der Waals surface area contributed by atoms with Gasteiger partial charge in [0.15, 0.2) is 11.5 Å². The van der Waals surface area contributed by atoms with Gasteiger partial charge in [-0.15, -0.1) is 0 Å². The fourth-order valence-electron chi connectivity index (χ4n) is 6.49. The van der Waals surface area contributed by atoms with Crippen LogP contribution in [0.3, 0.4) is 0 Å². The van der Waals surface area contributed by atoms with Crippen LogP contribution in [0.1, 0.15) is 84.3 Å². The summed E-state index contributed by atoms with van der Waals surface area (Å²) in [7, 11) is 0. The zero-order chi connectivity index (χ0) is 28.2. The summed E-state index contributed by atoms with van der Waals surface area (Å²) in [5, 5.41) is 10.5. The number of anilines is 1. The number of nitrogens with one attached hydrogen (secondary N) is 1.